The molecule has 0 aromatic heterocycles. The van der Waals surface area contributed by atoms with Gasteiger partial charge in [-0.2, -0.15) is 0 Å². The first-order valence-electron chi connectivity index (χ1n) is 8.71. The van der Waals surface area contributed by atoms with Crippen molar-refractivity contribution < 1.29 is 9.53 Å². The Bertz CT molecular complexity index is 918. The van der Waals surface area contributed by atoms with Crippen LogP contribution >= 0.6 is 0 Å². The molecule has 1 aliphatic carbocycles. The molecule has 1 amide bonds. The van der Waals surface area contributed by atoms with Gasteiger partial charge in [-0.15, -0.1) is 0 Å². The van der Waals surface area contributed by atoms with E-state index in [1.165, 1.54) is 16.5 Å². The fourth-order valence-corrected chi connectivity index (χ4v) is 3.62. The Morgan fingerprint density at radius 3 is 2.52 bits per heavy atom. The summed E-state index contributed by atoms with van der Waals surface area (Å²) in [4.78, 5) is 12.4. The molecule has 25 heavy (non-hydrogen) atoms. The number of hydrogen-bond donors (Lipinski definition) is 1. The quantitative estimate of drug-likeness (QED) is 0.746. The molecule has 0 heterocycles. The lowest BCUT2D eigenvalue weighted by Crippen LogP contribution is -2.12. The number of nitrogens with one attached hydrogen (secondary N) is 1. The van der Waals surface area contributed by atoms with Crippen molar-refractivity contribution in [1.29, 1.82) is 0 Å². The number of aryl methyl sites for hydroxylation is 3. The van der Waals surface area contributed by atoms with Gasteiger partial charge in [0.15, 0.2) is 0 Å². The Hall–Kier alpha value is -2.81. The average molecular weight is 331 g/mol. The summed E-state index contributed by atoms with van der Waals surface area (Å²) in [6.07, 6.45) is 3.38. The highest BCUT2D eigenvalue weighted by atomic mass is 16.5. The van der Waals surface area contributed by atoms with E-state index in [1.54, 1.807) is 7.11 Å². The zero-order chi connectivity index (χ0) is 17.2. The molecule has 4 rings (SSSR count). The van der Waals surface area contributed by atoms with Gasteiger partial charge in [0.2, 0.25) is 5.91 Å². The Labute approximate surface area is 147 Å². The van der Waals surface area contributed by atoms with Crippen LogP contribution in [0.5, 0.6) is 5.75 Å². The first-order valence-corrected chi connectivity index (χ1v) is 8.71. The number of ether oxygens (including phenoxy) is 1. The number of amides is 1. The first kappa shape index (κ1) is 15.7. The maximum Gasteiger partial charge on any atom is 0.224 e. The van der Waals surface area contributed by atoms with Crippen molar-refractivity contribution in [1.82, 2.24) is 0 Å². The van der Waals surface area contributed by atoms with Crippen molar-refractivity contribution in [3.05, 3.63) is 71.3 Å². The topological polar surface area (TPSA) is 38.3 Å². The second kappa shape index (κ2) is 6.60. The molecule has 3 aromatic rings. The number of methoxy groups -OCH3 is 1. The number of hydrogen-bond acceptors (Lipinski definition) is 2. The van der Waals surface area contributed by atoms with Crippen LogP contribution in [0.25, 0.3) is 10.8 Å². The molecular formula is C22H21NO2. The molecule has 0 spiro atoms. The molecule has 3 heteroatoms. The molecule has 0 atom stereocenters. The Balaban J connectivity index is 1.47. The lowest BCUT2D eigenvalue weighted by molar-refractivity contribution is -0.116. The zero-order valence-corrected chi connectivity index (χ0v) is 14.3. The van der Waals surface area contributed by atoms with Crippen LogP contribution in [0, 0.1) is 0 Å². The second-order valence-electron chi connectivity index (χ2n) is 6.51. The molecule has 0 fully saturated rings. The number of benzene rings is 3. The fraction of sp³-hybridized carbons (Fsp3) is 0.227. The van der Waals surface area contributed by atoms with Crippen LogP contribution in [0.15, 0.2) is 54.6 Å². The fourth-order valence-electron chi connectivity index (χ4n) is 3.62. The van der Waals surface area contributed by atoms with E-state index in [0.717, 1.165) is 41.6 Å². The molecule has 1 aliphatic rings. The van der Waals surface area contributed by atoms with Crippen LogP contribution < -0.4 is 10.1 Å². The van der Waals surface area contributed by atoms with Gasteiger partial charge in [0.25, 0.3) is 0 Å². The molecule has 0 radical (unpaired) electrons. The molecule has 3 aromatic carbocycles. The van der Waals surface area contributed by atoms with E-state index in [2.05, 4.69) is 29.6 Å². The molecular weight excluding hydrogens is 310 g/mol. The first-order chi connectivity index (χ1) is 12.2. The zero-order valence-electron chi connectivity index (χ0n) is 14.3. The van der Waals surface area contributed by atoms with Gasteiger partial charge >= 0.3 is 0 Å². The molecule has 0 saturated heterocycles. The lowest BCUT2D eigenvalue weighted by Gasteiger charge is -2.11. The normalized spacial score (nSPS) is 12.4. The highest BCUT2D eigenvalue weighted by molar-refractivity contribution is 6.05. The largest absolute Gasteiger partial charge is 0.497 e. The van der Waals surface area contributed by atoms with Gasteiger partial charge in [0.1, 0.15) is 5.75 Å². The summed E-state index contributed by atoms with van der Waals surface area (Å²) in [5.41, 5.74) is 4.84. The van der Waals surface area contributed by atoms with E-state index >= 15 is 0 Å². The highest BCUT2D eigenvalue weighted by Crippen LogP contribution is 2.35. The van der Waals surface area contributed by atoms with Crippen LogP contribution in [0.2, 0.25) is 0 Å². The van der Waals surface area contributed by atoms with Gasteiger partial charge < -0.3 is 10.1 Å². The summed E-state index contributed by atoms with van der Waals surface area (Å²) in [6.45, 7) is 0. The minimum Gasteiger partial charge on any atom is -0.497 e. The van der Waals surface area contributed by atoms with Gasteiger partial charge in [0.05, 0.1) is 7.11 Å². The third-order valence-electron chi connectivity index (χ3n) is 4.95. The summed E-state index contributed by atoms with van der Waals surface area (Å²) < 4.78 is 5.16. The predicted molar refractivity (Wildman–Crippen MR) is 101 cm³/mol. The maximum absolute atomic E-state index is 12.4. The number of anilines is 1. The lowest BCUT2D eigenvalue weighted by atomic mass is 10.0. The van der Waals surface area contributed by atoms with Gasteiger partial charge in [0, 0.05) is 17.5 Å². The average Bonchev–Trinajstić information content (AvgIpc) is 3.07. The number of carbonyl (C=O) groups is 1. The molecule has 0 unspecified atom stereocenters. The SMILES string of the molecule is COc1ccc(CCC(=O)Nc2ccc3c4c(cccc24)CC3)cc1. The Morgan fingerprint density at radius 1 is 1.00 bits per heavy atom. The second-order valence-corrected chi connectivity index (χ2v) is 6.51. The molecule has 0 aliphatic heterocycles. The van der Waals surface area contributed by atoms with Crippen molar-refractivity contribution in [3.8, 4) is 5.75 Å². The predicted octanol–water partition coefficient (Wildman–Crippen LogP) is 4.52. The smallest absolute Gasteiger partial charge is 0.224 e. The summed E-state index contributed by atoms with van der Waals surface area (Å²) in [6, 6.07) is 18.4. The standard InChI is InChI=1S/C22H21NO2/c1-25-18-11-5-15(6-12-18)7-14-21(24)23-20-13-10-17-9-8-16-3-2-4-19(20)22(16)17/h2-6,10-13H,7-9,14H2,1H3,(H,23,24). The summed E-state index contributed by atoms with van der Waals surface area (Å²) >= 11 is 0. The molecule has 3 nitrogen and oxygen atoms in total. The third-order valence-corrected chi connectivity index (χ3v) is 4.95. The number of rotatable bonds is 5. The molecule has 126 valence electrons. The van der Waals surface area contributed by atoms with E-state index in [4.69, 9.17) is 4.74 Å². The van der Waals surface area contributed by atoms with Gasteiger partial charge in [-0.1, -0.05) is 36.4 Å². The van der Waals surface area contributed by atoms with Crippen LogP contribution in [0.3, 0.4) is 0 Å². The minimum absolute atomic E-state index is 0.0505. The van der Waals surface area contributed by atoms with E-state index in [1.807, 2.05) is 30.3 Å². The van der Waals surface area contributed by atoms with Gasteiger partial charge in [-0.3, -0.25) is 4.79 Å². The summed E-state index contributed by atoms with van der Waals surface area (Å²) in [5.74, 6) is 0.885. The monoisotopic (exact) mass is 331 g/mol. The van der Waals surface area contributed by atoms with Gasteiger partial charge in [-0.25, -0.2) is 0 Å². The van der Waals surface area contributed by atoms with E-state index in [9.17, 15) is 4.79 Å². The summed E-state index contributed by atoms with van der Waals surface area (Å²) in [7, 11) is 1.65. The summed E-state index contributed by atoms with van der Waals surface area (Å²) in [5, 5.41) is 5.58. The van der Waals surface area contributed by atoms with Crippen molar-refractivity contribution in [2.75, 3.05) is 12.4 Å². The number of carbonyl (C=O) groups excluding carboxylic acids is 1. The highest BCUT2D eigenvalue weighted by Gasteiger charge is 2.16. The molecule has 0 saturated carbocycles. The third kappa shape index (κ3) is 3.10. The van der Waals surface area contributed by atoms with Crippen LogP contribution in [-0.4, -0.2) is 13.0 Å². The van der Waals surface area contributed by atoms with Crippen molar-refractivity contribution in [2.45, 2.75) is 25.7 Å². The Kier molecular flexibility index (Phi) is 4.14. The van der Waals surface area contributed by atoms with Crippen LogP contribution in [0.4, 0.5) is 5.69 Å². The molecule has 0 bridgehead atoms. The maximum atomic E-state index is 12.4. The van der Waals surface area contributed by atoms with E-state index < -0.39 is 0 Å². The molecule has 1 N–H and O–H groups in total. The van der Waals surface area contributed by atoms with Crippen LogP contribution in [0.1, 0.15) is 23.1 Å². The van der Waals surface area contributed by atoms with Crippen molar-refractivity contribution in [2.24, 2.45) is 0 Å². The van der Waals surface area contributed by atoms with Crippen LogP contribution in [-0.2, 0) is 24.1 Å². The van der Waals surface area contributed by atoms with Gasteiger partial charge in [-0.05, 0) is 59.5 Å². The van der Waals surface area contributed by atoms with E-state index in [-0.39, 0.29) is 5.91 Å². The van der Waals surface area contributed by atoms with Crippen molar-refractivity contribution >= 4 is 22.4 Å². The van der Waals surface area contributed by atoms with E-state index in [0.29, 0.717) is 6.42 Å². The Morgan fingerprint density at radius 2 is 1.76 bits per heavy atom. The minimum atomic E-state index is 0.0505. The van der Waals surface area contributed by atoms with Crippen molar-refractivity contribution in [3.63, 3.8) is 0 Å².